The lowest BCUT2D eigenvalue weighted by Crippen LogP contribution is -2.43. The van der Waals surface area contributed by atoms with E-state index in [0.29, 0.717) is 16.7 Å². The summed E-state index contributed by atoms with van der Waals surface area (Å²) < 4.78 is 6.27. The third-order valence-corrected chi connectivity index (χ3v) is 4.88. The van der Waals surface area contributed by atoms with E-state index < -0.39 is 11.8 Å². The molecule has 0 aromatic heterocycles. The lowest BCUT2D eigenvalue weighted by Gasteiger charge is -2.13. The van der Waals surface area contributed by atoms with Gasteiger partial charge in [0.1, 0.15) is 5.75 Å². The van der Waals surface area contributed by atoms with Crippen molar-refractivity contribution >= 4 is 39.3 Å². The third-order valence-electron chi connectivity index (χ3n) is 3.93. The monoisotopic (exact) mass is 438 g/mol. The highest BCUT2D eigenvalue weighted by Crippen LogP contribution is 2.30. The zero-order valence-corrected chi connectivity index (χ0v) is 16.9. The Labute approximate surface area is 166 Å². The molecule has 0 bridgehead atoms. The number of rotatable bonds is 6. The van der Waals surface area contributed by atoms with Crippen molar-refractivity contribution in [3.05, 3.63) is 63.1 Å². The van der Waals surface area contributed by atoms with E-state index in [1.165, 1.54) is 5.56 Å². The van der Waals surface area contributed by atoms with Crippen molar-refractivity contribution in [2.24, 2.45) is 0 Å². The van der Waals surface area contributed by atoms with Gasteiger partial charge in [0.25, 0.3) is 11.8 Å². The van der Waals surface area contributed by atoms with Crippen LogP contribution in [-0.4, -0.2) is 18.4 Å². The number of hydrazine groups is 1. The summed E-state index contributed by atoms with van der Waals surface area (Å²) in [6.45, 7) is 4.05. The SMILES string of the molecule is CCC(C)c1ccc(OCC(=O)NNC(=O)c2ccccc2Cl)c(Br)c1. The van der Waals surface area contributed by atoms with Gasteiger partial charge in [-0.15, -0.1) is 0 Å². The highest BCUT2D eigenvalue weighted by atomic mass is 79.9. The summed E-state index contributed by atoms with van der Waals surface area (Å²) >= 11 is 9.39. The van der Waals surface area contributed by atoms with Gasteiger partial charge in [0.05, 0.1) is 15.1 Å². The fourth-order valence-electron chi connectivity index (χ4n) is 2.19. The van der Waals surface area contributed by atoms with E-state index in [9.17, 15) is 9.59 Å². The van der Waals surface area contributed by atoms with Crippen LogP contribution in [0.5, 0.6) is 5.75 Å². The van der Waals surface area contributed by atoms with E-state index in [-0.39, 0.29) is 12.2 Å². The summed E-state index contributed by atoms with van der Waals surface area (Å²) in [6, 6.07) is 12.4. The van der Waals surface area contributed by atoms with Crippen LogP contribution in [0.15, 0.2) is 46.9 Å². The Bertz CT molecular complexity index is 798. The summed E-state index contributed by atoms with van der Waals surface area (Å²) in [5, 5.41) is 0.306. The molecule has 0 spiro atoms. The number of hydrogen-bond acceptors (Lipinski definition) is 3. The maximum Gasteiger partial charge on any atom is 0.276 e. The van der Waals surface area contributed by atoms with Crippen molar-refractivity contribution in [1.29, 1.82) is 0 Å². The molecule has 2 aromatic carbocycles. The number of carbonyl (C=O) groups excluding carboxylic acids is 2. The number of carbonyl (C=O) groups is 2. The molecule has 0 heterocycles. The van der Waals surface area contributed by atoms with Gasteiger partial charge in [-0.25, -0.2) is 0 Å². The minimum atomic E-state index is -0.497. The van der Waals surface area contributed by atoms with Gasteiger partial charge in [0, 0.05) is 0 Å². The minimum absolute atomic E-state index is 0.232. The van der Waals surface area contributed by atoms with Gasteiger partial charge in [0.15, 0.2) is 6.61 Å². The van der Waals surface area contributed by atoms with Crippen molar-refractivity contribution in [2.45, 2.75) is 26.2 Å². The Morgan fingerprint density at radius 1 is 1.19 bits per heavy atom. The van der Waals surface area contributed by atoms with E-state index in [1.807, 2.05) is 18.2 Å². The zero-order valence-electron chi connectivity index (χ0n) is 14.5. The predicted octanol–water partition coefficient (Wildman–Crippen LogP) is 4.46. The van der Waals surface area contributed by atoms with Crippen LogP contribution in [-0.2, 0) is 4.79 Å². The predicted molar refractivity (Wildman–Crippen MR) is 105 cm³/mol. The molecule has 2 N–H and O–H groups in total. The first-order valence-electron chi connectivity index (χ1n) is 8.18. The normalized spacial score (nSPS) is 11.5. The molecule has 0 aliphatic heterocycles. The van der Waals surface area contributed by atoms with E-state index in [0.717, 1.165) is 10.9 Å². The van der Waals surface area contributed by atoms with Gasteiger partial charge in [0.2, 0.25) is 0 Å². The molecule has 1 unspecified atom stereocenters. The molecule has 0 radical (unpaired) electrons. The van der Waals surface area contributed by atoms with Gasteiger partial charge >= 0.3 is 0 Å². The first-order chi connectivity index (χ1) is 12.4. The fourth-order valence-corrected chi connectivity index (χ4v) is 2.93. The molecule has 0 saturated carbocycles. The largest absolute Gasteiger partial charge is 0.483 e. The standard InChI is InChI=1S/C19H20BrClN2O3/c1-3-12(2)13-8-9-17(15(20)10-13)26-11-18(24)22-23-19(25)14-6-4-5-7-16(14)21/h4-10,12H,3,11H2,1-2H3,(H,22,24)(H,23,25). The molecule has 5 nitrogen and oxygen atoms in total. The second kappa shape index (κ2) is 9.59. The minimum Gasteiger partial charge on any atom is -0.483 e. The number of amides is 2. The second-order valence-electron chi connectivity index (χ2n) is 5.77. The Kier molecular flexibility index (Phi) is 7.48. The fraction of sp³-hybridized carbons (Fsp3) is 0.263. The number of benzene rings is 2. The average Bonchev–Trinajstić information content (AvgIpc) is 2.64. The number of nitrogens with one attached hydrogen (secondary N) is 2. The Morgan fingerprint density at radius 2 is 1.92 bits per heavy atom. The van der Waals surface area contributed by atoms with Gasteiger partial charge < -0.3 is 4.74 Å². The van der Waals surface area contributed by atoms with Gasteiger partial charge in [-0.05, 0) is 58.1 Å². The van der Waals surface area contributed by atoms with E-state index in [1.54, 1.807) is 24.3 Å². The quantitative estimate of drug-likeness (QED) is 0.653. The summed E-state index contributed by atoms with van der Waals surface area (Å²) in [6.07, 6.45) is 1.04. The number of hydrogen-bond donors (Lipinski definition) is 2. The van der Waals surface area contributed by atoms with E-state index in [4.69, 9.17) is 16.3 Å². The van der Waals surface area contributed by atoms with Crippen LogP contribution < -0.4 is 15.6 Å². The van der Waals surface area contributed by atoms with Crippen LogP contribution in [0.3, 0.4) is 0 Å². The van der Waals surface area contributed by atoms with E-state index in [2.05, 4.69) is 40.6 Å². The summed E-state index contributed by atoms with van der Waals surface area (Å²) in [5.41, 5.74) is 6.08. The summed E-state index contributed by atoms with van der Waals surface area (Å²) in [7, 11) is 0. The van der Waals surface area contributed by atoms with Crippen LogP contribution in [0.1, 0.15) is 42.1 Å². The first-order valence-corrected chi connectivity index (χ1v) is 9.35. The van der Waals surface area contributed by atoms with Crippen molar-refractivity contribution in [3.63, 3.8) is 0 Å². The maximum atomic E-state index is 12.0. The lowest BCUT2D eigenvalue weighted by molar-refractivity contribution is -0.123. The van der Waals surface area contributed by atoms with Crippen LogP contribution in [0.2, 0.25) is 5.02 Å². The van der Waals surface area contributed by atoms with E-state index >= 15 is 0 Å². The molecular formula is C19H20BrClN2O3. The summed E-state index contributed by atoms with van der Waals surface area (Å²) in [4.78, 5) is 23.8. The Morgan fingerprint density at radius 3 is 2.58 bits per heavy atom. The molecule has 0 aliphatic rings. The van der Waals surface area contributed by atoms with Crippen molar-refractivity contribution in [1.82, 2.24) is 10.9 Å². The van der Waals surface area contributed by atoms with Crippen LogP contribution in [0.4, 0.5) is 0 Å². The Hall–Kier alpha value is -2.05. The third kappa shape index (κ3) is 5.47. The van der Waals surface area contributed by atoms with Gasteiger partial charge in [-0.2, -0.15) is 0 Å². The topological polar surface area (TPSA) is 67.4 Å². The summed E-state index contributed by atoms with van der Waals surface area (Å²) in [5.74, 6) is 0.0275. The Balaban J connectivity index is 1.85. The molecular weight excluding hydrogens is 420 g/mol. The number of halogens is 2. The first kappa shape index (κ1) is 20.3. The molecule has 1 atom stereocenters. The molecule has 2 amide bonds. The molecule has 26 heavy (non-hydrogen) atoms. The highest BCUT2D eigenvalue weighted by molar-refractivity contribution is 9.10. The van der Waals surface area contributed by atoms with Crippen LogP contribution >= 0.6 is 27.5 Å². The molecule has 7 heteroatoms. The van der Waals surface area contributed by atoms with Crippen LogP contribution in [0, 0.1) is 0 Å². The molecule has 2 aromatic rings. The molecule has 2 rings (SSSR count). The smallest absolute Gasteiger partial charge is 0.276 e. The molecule has 0 fully saturated rings. The molecule has 0 aliphatic carbocycles. The van der Waals surface area contributed by atoms with Crippen molar-refractivity contribution in [2.75, 3.05) is 6.61 Å². The highest BCUT2D eigenvalue weighted by Gasteiger charge is 2.12. The number of ether oxygens (including phenoxy) is 1. The zero-order chi connectivity index (χ0) is 19.1. The van der Waals surface area contributed by atoms with Gasteiger partial charge in [-0.3, -0.25) is 20.4 Å². The maximum absolute atomic E-state index is 12.0. The average molecular weight is 440 g/mol. The van der Waals surface area contributed by atoms with Crippen LogP contribution in [0.25, 0.3) is 0 Å². The molecule has 138 valence electrons. The van der Waals surface area contributed by atoms with Crippen molar-refractivity contribution in [3.8, 4) is 5.75 Å². The van der Waals surface area contributed by atoms with Crippen molar-refractivity contribution < 1.29 is 14.3 Å². The van der Waals surface area contributed by atoms with Gasteiger partial charge in [-0.1, -0.05) is 43.6 Å². The molecule has 0 saturated heterocycles. The second-order valence-corrected chi connectivity index (χ2v) is 7.03. The lowest BCUT2D eigenvalue weighted by atomic mass is 9.99.